The molecule has 0 aliphatic rings. The van der Waals surface area contributed by atoms with Gasteiger partial charge in [0, 0.05) is 0 Å². The Bertz CT molecular complexity index is 473. The molecule has 0 N–H and O–H groups in total. The second-order valence-corrected chi connectivity index (χ2v) is 3.25. The van der Waals surface area contributed by atoms with E-state index < -0.39 is 0 Å². The van der Waals surface area contributed by atoms with Crippen molar-refractivity contribution in [1.82, 2.24) is 0 Å². The van der Waals surface area contributed by atoms with Crippen LogP contribution in [0.1, 0.15) is 36.1 Å². The average Bonchev–Trinajstić information content (AvgIpc) is 2.31. The van der Waals surface area contributed by atoms with E-state index in [2.05, 4.69) is 12.1 Å². The van der Waals surface area contributed by atoms with Crippen LogP contribution >= 0.6 is 0 Å². The lowest BCUT2D eigenvalue weighted by molar-refractivity contribution is 1.42. The first-order valence-electron chi connectivity index (χ1n) is 5.00. The van der Waals surface area contributed by atoms with Crippen molar-refractivity contribution in [2.45, 2.75) is 13.8 Å². The van der Waals surface area contributed by atoms with Gasteiger partial charge in [0.1, 0.15) is 0 Å². The summed E-state index contributed by atoms with van der Waals surface area (Å²) >= 11 is 0. The average molecular weight is 208 g/mol. The van der Waals surface area contributed by atoms with Gasteiger partial charge >= 0.3 is 0 Å². The van der Waals surface area contributed by atoms with Crippen LogP contribution in [0.5, 0.6) is 0 Å². The third-order valence-corrected chi connectivity index (χ3v) is 2.16. The maximum Gasteiger partial charge on any atom is 0.0998 e. The standard InChI is InChI=1S/C14H12N2/c1-3-5-11-7-14(10-16)12(6-4-2)8-13(11)9-15/h3-8H,1-2H3/b5-3+,6-4+. The van der Waals surface area contributed by atoms with E-state index in [1.807, 2.05) is 38.2 Å². The smallest absolute Gasteiger partial charge is 0.0998 e. The minimum atomic E-state index is 0.588. The summed E-state index contributed by atoms with van der Waals surface area (Å²) < 4.78 is 0. The lowest BCUT2D eigenvalue weighted by atomic mass is 9.99. The summed E-state index contributed by atoms with van der Waals surface area (Å²) in [6, 6.07) is 7.76. The van der Waals surface area contributed by atoms with Gasteiger partial charge in [-0.1, -0.05) is 24.3 Å². The first-order chi connectivity index (χ1) is 7.76. The van der Waals surface area contributed by atoms with Crippen molar-refractivity contribution >= 4 is 12.2 Å². The zero-order chi connectivity index (χ0) is 12.0. The molecule has 1 rings (SSSR count). The van der Waals surface area contributed by atoms with Gasteiger partial charge in [0.2, 0.25) is 0 Å². The largest absolute Gasteiger partial charge is 0.192 e. The molecule has 2 heteroatoms. The molecule has 1 aromatic rings. The predicted octanol–water partition coefficient (Wildman–Crippen LogP) is 3.50. The summed E-state index contributed by atoms with van der Waals surface area (Å²) in [5, 5.41) is 18.0. The topological polar surface area (TPSA) is 47.6 Å². The highest BCUT2D eigenvalue weighted by Crippen LogP contribution is 2.19. The van der Waals surface area contributed by atoms with Gasteiger partial charge in [-0.3, -0.25) is 0 Å². The fourth-order valence-corrected chi connectivity index (χ4v) is 1.46. The van der Waals surface area contributed by atoms with Crippen LogP contribution < -0.4 is 0 Å². The van der Waals surface area contributed by atoms with Crippen LogP contribution in [0.4, 0.5) is 0 Å². The number of allylic oxidation sites excluding steroid dienone is 2. The second-order valence-electron chi connectivity index (χ2n) is 3.25. The number of benzene rings is 1. The SMILES string of the molecule is C/C=C/c1cc(C#N)c(/C=C/C)cc1C#N. The van der Waals surface area contributed by atoms with Crippen LogP contribution in [0.3, 0.4) is 0 Å². The van der Waals surface area contributed by atoms with Gasteiger partial charge in [0.15, 0.2) is 0 Å². The van der Waals surface area contributed by atoms with Crippen LogP contribution in [0.25, 0.3) is 12.2 Å². The van der Waals surface area contributed by atoms with E-state index in [0.29, 0.717) is 11.1 Å². The Balaban J connectivity index is 3.48. The van der Waals surface area contributed by atoms with Gasteiger partial charge in [0.25, 0.3) is 0 Å². The molecule has 0 saturated carbocycles. The van der Waals surface area contributed by atoms with Crippen molar-refractivity contribution in [1.29, 1.82) is 10.5 Å². The molecule has 0 aromatic heterocycles. The summed E-state index contributed by atoms with van der Waals surface area (Å²) in [5.41, 5.74) is 2.75. The summed E-state index contributed by atoms with van der Waals surface area (Å²) in [5.74, 6) is 0. The third kappa shape index (κ3) is 2.38. The van der Waals surface area contributed by atoms with Crippen molar-refractivity contribution in [3.63, 3.8) is 0 Å². The molecule has 16 heavy (non-hydrogen) atoms. The molecular weight excluding hydrogens is 196 g/mol. The lowest BCUT2D eigenvalue weighted by Crippen LogP contribution is -1.89. The van der Waals surface area contributed by atoms with E-state index in [1.54, 1.807) is 12.1 Å². The van der Waals surface area contributed by atoms with Crippen LogP contribution in [0.2, 0.25) is 0 Å². The van der Waals surface area contributed by atoms with Gasteiger partial charge < -0.3 is 0 Å². The Hall–Kier alpha value is -2.32. The van der Waals surface area contributed by atoms with E-state index in [4.69, 9.17) is 10.5 Å². The molecule has 0 radical (unpaired) electrons. The summed E-state index contributed by atoms with van der Waals surface area (Å²) in [4.78, 5) is 0. The number of nitrogens with zero attached hydrogens (tertiary/aromatic N) is 2. The van der Waals surface area contributed by atoms with E-state index in [-0.39, 0.29) is 0 Å². The fourth-order valence-electron chi connectivity index (χ4n) is 1.46. The molecule has 0 fully saturated rings. The highest BCUT2D eigenvalue weighted by atomic mass is 14.3. The monoisotopic (exact) mass is 208 g/mol. The molecule has 0 amide bonds. The van der Waals surface area contributed by atoms with E-state index in [1.165, 1.54) is 0 Å². The molecule has 0 spiro atoms. The quantitative estimate of drug-likeness (QED) is 0.746. The summed E-state index contributed by atoms with van der Waals surface area (Å²) in [7, 11) is 0. The first-order valence-corrected chi connectivity index (χ1v) is 5.00. The Kier molecular flexibility index (Phi) is 4.07. The first kappa shape index (κ1) is 11.8. The fraction of sp³-hybridized carbons (Fsp3) is 0.143. The van der Waals surface area contributed by atoms with Gasteiger partial charge in [-0.05, 0) is 37.1 Å². The van der Waals surface area contributed by atoms with E-state index in [9.17, 15) is 0 Å². The summed E-state index contributed by atoms with van der Waals surface area (Å²) in [6.07, 6.45) is 7.37. The van der Waals surface area contributed by atoms with Crippen molar-refractivity contribution in [2.24, 2.45) is 0 Å². The summed E-state index contributed by atoms with van der Waals surface area (Å²) in [6.45, 7) is 3.76. The maximum absolute atomic E-state index is 9.01. The minimum absolute atomic E-state index is 0.588. The van der Waals surface area contributed by atoms with Crippen molar-refractivity contribution < 1.29 is 0 Å². The number of rotatable bonds is 2. The molecular formula is C14H12N2. The van der Waals surface area contributed by atoms with Crippen molar-refractivity contribution in [2.75, 3.05) is 0 Å². The molecule has 0 aliphatic carbocycles. The van der Waals surface area contributed by atoms with Crippen molar-refractivity contribution in [3.8, 4) is 12.1 Å². The number of hydrogen-bond donors (Lipinski definition) is 0. The van der Waals surface area contributed by atoms with E-state index in [0.717, 1.165) is 11.1 Å². The van der Waals surface area contributed by atoms with Crippen LogP contribution in [0, 0.1) is 22.7 Å². The van der Waals surface area contributed by atoms with Crippen LogP contribution in [0.15, 0.2) is 24.3 Å². The van der Waals surface area contributed by atoms with Crippen LogP contribution in [-0.2, 0) is 0 Å². The molecule has 0 atom stereocenters. The molecule has 1 aromatic carbocycles. The Morgan fingerprint density at radius 2 is 1.25 bits per heavy atom. The number of nitriles is 2. The second kappa shape index (κ2) is 5.53. The molecule has 0 saturated heterocycles. The van der Waals surface area contributed by atoms with Gasteiger partial charge in [-0.2, -0.15) is 10.5 Å². The highest BCUT2D eigenvalue weighted by Gasteiger charge is 2.05. The Labute approximate surface area is 95.8 Å². The van der Waals surface area contributed by atoms with Crippen molar-refractivity contribution in [3.05, 3.63) is 46.5 Å². The van der Waals surface area contributed by atoms with Gasteiger partial charge in [-0.15, -0.1) is 0 Å². The van der Waals surface area contributed by atoms with Gasteiger partial charge in [-0.25, -0.2) is 0 Å². The zero-order valence-corrected chi connectivity index (χ0v) is 9.36. The third-order valence-electron chi connectivity index (χ3n) is 2.16. The predicted molar refractivity (Wildman–Crippen MR) is 65.3 cm³/mol. The molecule has 0 heterocycles. The normalized spacial score (nSPS) is 10.5. The lowest BCUT2D eigenvalue weighted by Gasteiger charge is -2.03. The van der Waals surface area contributed by atoms with Crippen LogP contribution in [-0.4, -0.2) is 0 Å². The molecule has 0 unspecified atom stereocenters. The van der Waals surface area contributed by atoms with Gasteiger partial charge in [0.05, 0.1) is 23.3 Å². The highest BCUT2D eigenvalue weighted by molar-refractivity contribution is 5.68. The minimum Gasteiger partial charge on any atom is -0.192 e. The maximum atomic E-state index is 9.01. The Morgan fingerprint density at radius 1 is 0.875 bits per heavy atom. The molecule has 0 bridgehead atoms. The van der Waals surface area contributed by atoms with E-state index >= 15 is 0 Å². The molecule has 2 nitrogen and oxygen atoms in total. The molecule has 78 valence electrons. The molecule has 0 aliphatic heterocycles. The zero-order valence-electron chi connectivity index (χ0n) is 9.36. The number of hydrogen-bond acceptors (Lipinski definition) is 2. The Morgan fingerprint density at radius 3 is 1.50 bits per heavy atom.